The number of rotatable bonds is 4. The van der Waals surface area contributed by atoms with E-state index in [-0.39, 0.29) is 0 Å². The van der Waals surface area contributed by atoms with E-state index in [1.54, 1.807) is 0 Å². The van der Waals surface area contributed by atoms with Crippen LogP contribution < -0.4 is 5.32 Å². The van der Waals surface area contributed by atoms with E-state index in [1.165, 1.54) is 37.7 Å². The lowest BCUT2D eigenvalue weighted by atomic mass is 9.89. The van der Waals surface area contributed by atoms with Crippen LogP contribution >= 0.6 is 0 Å². The van der Waals surface area contributed by atoms with Gasteiger partial charge in [0.2, 0.25) is 0 Å². The summed E-state index contributed by atoms with van der Waals surface area (Å²) in [5, 5.41) is 3.74. The van der Waals surface area contributed by atoms with Gasteiger partial charge in [0.25, 0.3) is 0 Å². The Morgan fingerprint density at radius 2 is 1.83 bits per heavy atom. The Morgan fingerprint density at radius 3 is 2.56 bits per heavy atom. The van der Waals surface area contributed by atoms with E-state index < -0.39 is 0 Å². The van der Waals surface area contributed by atoms with Crippen molar-refractivity contribution in [3.63, 3.8) is 0 Å². The second-order valence-corrected chi connectivity index (χ2v) is 6.08. The molecule has 1 aliphatic rings. The van der Waals surface area contributed by atoms with Crippen molar-refractivity contribution in [3.05, 3.63) is 35.9 Å². The Balaban J connectivity index is 1.77. The molecule has 0 amide bonds. The van der Waals surface area contributed by atoms with Gasteiger partial charge in [-0.3, -0.25) is 0 Å². The van der Waals surface area contributed by atoms with Gasteiger partial charge in [-0.25, -0.2) is 0 Å². The van der Waals surface area contributed by atoms with Gasteiger partial charge in [-0.15, -0.1) is 0 Å². The molecule has 1 heteroatoms. The van der Waals surface area contributed by atoms with Crippen molar-refractivity contribution in [2.75, 3.05) is 0 Å². The predicted molar refractivity (Wildman–Crippen MR) is 78.5 cm³/mol. The van der Waals surface area contributed by atoms with Crippen LogP contribution in [0.1, 0.15) is 51.5 Å². The highest BCUT2D eigenvalue weighted by atomic mass is 14.9. The topological polar surface area (TPSA) is 12.0 Å². The molecule has 18 heavy (non-hydrogen) atoms. The van der Waals surface area contributed by atoms with Crippen molar-refractivity contribution >= 4 is 0 Å². The second kappa shape index (κ2) is 6.94. The molecule has 2 rings (SSSR count). The first-order valence-corrected chi connectivity index (χ1v) is 7.53. The van der Waals surface area contributed by atoms with Crippen molar-refractivity contribution in [1.82, 2.24) is 5.32 Å². The summed E-state index contributed by atoms with van der Waals surface area (Å²) in [6.45, 7) is 5.78. The first kappa shape index (κ1) is 13.6. The van der Waals surface area contributed by atoms with E-state index in [4.69, 9.17) is 0 Å². The van der Waals surface area contributed by atoms with E-state index in [1.807, 2.05) is 0 Å². The van der Waals surface area contributed by atoms with Gasteiger partial charge in [0.15, 0.2) is 0 Å². The Labute approximate surface area is 112 Å². The number of hydrogen-bond donors (Lipinski definition) is 1. The first-order valence-electron chi connectivity index (χ1n) is 7.53. The van der Waals surface area contributed by atoms with E-state index in [0.29, 0.717) is 0 Å². The van der Waals surface area contributed by atoms with Gasteiger partial charge in [-0.2, -0.15) is 0 Å². The highest BCUT2D eigenvalue weighted by molar-refractivity contribution is 5.14. The molecule has 100 valence electrons. The summed E-state index contributed by atoms with van der Waals surface area (Å²) in [5.74, 6) is 1.81. The van der Waals surface area contributed by atoms with Crippen LogP contribution in [0.15, 0.2) is 30.3 Å². The van der Waals surface area contributed by atoms with Crippen molar-refractivity contribution in [1.29, 1.82) is 0 Å². The standard InChI is InChI=1S/C17H27N/c1-14(2)16-9-6-10-17(12-11-16)18-13-15-7-4-3-5-8-15/h3-5,7-8,14,16-18H,6,9-13H2,1-2H3. The Morgan fingerprint density at radius 1 is 1.06 bits per heavy atom. The maximum atomic E-state index is 3.74. The van der Waals surface area contributed by atoms with Crippen molar-refractivity contribution in [2.24, 2.45) is 11.8 Å². The minimum atomic E-state index is 0.731. The fraction of sp³-hybridized carbons (Fsp3) is 0.647. The Hall–Kier alpha value is -0.820. The highest BCUT2D eigenvalue weighted by Crippen LogP contribution is 2.28. The number of benzene rings is 1. The molecule has 1 N–H and O–H groups in total. The molecule has 0 radical (unpaired) electrons. The van der Waals surface area contributed by atoms with Crippen molar-refractivity contribution < 1.29 is 0 Å². The molecule has 0 spiro atoms. The van der Waals surface area contributed by atoms with Crippen LogP contribution in [0.3, 0.4) is 0 Å². The molecule has 1 aromatic carbocycles. The van der Waals surface area contributed by atoms with Crippen LogP contribution in [-0.4, -0.2) is 6.04 Å². The summed E-state index contributed by atoms with van der Waals surface area (Å²) < 4.78 is 0. The molecule has 2 atom stereocenters. The number of hydrogen-bond acceptors (Lipinski definition) is 1. The van der Waals surface area contributed by atoms with Gasteiger partial charge in [0, 0.05) is 12.6 Å². The number of nitrogens with one attached hydrogen (secondary N) is 1. The summed E-state index contributed by atoms with van der Waals surface area (Å²) in [7, 11) is 0. The van der Waals surface area contributed by atoms with Gasteiger partial charge in [0.05, 0.1) is 0 Å². The van der Waals surface area contributed by atoms with Crippen LogP contribution in [0.25, 0.3) is 0 Å². The van der Waals surface area contributed by atoms with Gasteiger partial charge < -0.3 is 5.32 Å². The van der Waals surface area contributed by atoms with Gasteiger partial charge in [-0.1, -0.05) is 57.0 Å². The molecule has 0 saturated heterocycles. The first-order chi connectivity index (χ1) is 8.75. The lowest BCUT2D eigenvalue weighted by Gasteiger charge is -2.19. The monoisotopic (exact) mass is 245 g/mol. The molecule has 1 aromatic rings. The largest absolute Gasteiger partial charge is 0.310 e. The summed E-state index contributed by atoms with van der Waals surface area (Å²) >= 11 is 0. The van der Waals surface area contributed by atoms with Crippen LogP contribution in [-0.2, 0) is 6.54 Å². The Kier molecular flexibility index (Phi) is 5.25. The van der Waals surface area contributed by atoms with Crippen LogP contribution in [0.4, 0.5) is 0 Å². The fourth-order valence-corrected chi connectivity index (χ4v) is 3.06. The fourth-order valence-electron chi connectivity index (χ4n) is 3.06. The van der Waals surface area contributed by atoms with Gasteiger partial charge in [-0.05, 0) is 36.7 Å². The smallest absolute Gasteiger partial charge is 0.0208 e. The van der Waals surface area contributed by atoms with Crippen LogP contribution in [0.5, 0.6) is 0 Å². The third-order valence-corrected chi connectivity index (χ3v) is 4.39. The third-order valence-electron chi connectivity index (χ3n) is 4.39. The minimum Gasteiger partial charge on any atom is -0.310 e. The SMILES string of the molecule is CC(C)C1CCCC(NCc2ccccc2)CC1. The molecule has 1 aliphatic carbocycles. The normalized spacial score (nSPS) is 25.1. The quantitative estimate of drug-likeness (QED) is 0.776. The lowest BCUT2D eigenvalue weighted by Crippen LogP contribution is -2.28. The summed E-state index contributed by atoms with van der Waals surface area (Å²) in [6.07, 6.45) is 6.95. The average Bonchev–Trinajstić information content (AvgIpc) is 2.63. The van der Waals surface area contributed by atoms with Gasteiger partial charge in [0.1, 0.15) is 0 Å². The van der Waals surface area contributed by atoms with E-state index in [9.17, 15) is 0 Å². The summed E-state index contributed by atoms with van der Waals surface area (Å²) in [4.78, 5) is 0. The molecule has 1 fully saturated rings. The zero-order valence-electron chi connectivity index (χ0n) is 11.9. The molecule has 2 unspecified atom stereocenters. The zero-order chi connectivity index (χ0) is 12.8. The molecule has 0 aliphatic heterocycles. The molecular weight excluding hydrogens is 218 g/mol. The van der Waals surface area contributed by atoms with E-state index in [0.717, 1.165) is 24.4 Å². The second-order valence-electron chi connectivity index (χ2n) is 6.08. The van der Waals surface area contributed by atoms with Crippen molar-refractivity contribution in [3.8, 4) is 0 Å². The average molecular weight is 245 g/mol. The maximum absolute atomic E-state index is 3.74. The zero-order valence-corrected chi connectivity index (χ0v) is 11.9. The van der Waals surface area contributed by atoms with Gasteiger partial charge >= 0.3 is 0 Å². The molecule has 0 aromatic heterocycles. The molecule has 1 saturated carbocycles. The Bertz CT molecular complexity index is 331. The highest BCUT2D eigenvalue weighted by Gasteiger charge is 2.20. The van der Waals surface area contributed by atoms with E-state index in [2.05, 4.69) is 49.5 Å². The van der Waals surface area contributed by atoms with Crippen LogP contribution in [0, 0.1) is 11.8 Å². The van der Waals surface area contributed by atoms with Crippen LogP contribution in [0.2, 0.25) is 0 Å². The predicted octanol–water partition coefficient (Wildman–Crippen LogP) is 4.38. The molecule has 0 bridgehead atoms. The molecule has 1 nitrogen and oxygen atoms in total. The minimum absolute atomic E-state index is 0.731. The summed E-state index contributed by atoms with van der Waals surface area (Å²) in [6, 6.07) is 11.5. The summed E-state index contributed by atoms with van der Waals surface area (Å²) in [5.41, 5.74) is 1.40. The third kappa shape index (κ3) is 4.13. The lowest BCUT2D eigenvalue weighted by molar-refractivity contribution is 0.337. The maximum Gasteiger partial charge on any atom is 0.0208 e. The van der Waals surface area contributed by atoms with E-state index >= 15 is 0 Å². The molecule has 0 heterocycles. The van der Waals surface area contributed by atoms with Crippen molar-refractivity contribution in [2.45, 2.75) is 58.5 Å². The molecular formula is C17H27N.